The van der Waals surface area contributed by atoms with E-state index in [2.05, 4.69) is 50.0 Å². The number of rotatable bonds is 6. The summed E-state index contributed by atoms with van der Waals surface area (Å²) in [4.78, 5) is 17.8. The van der Waals surface area contributed by atoms with Gasteiger partial charge in [0.2, 0.25) is 0 Å². The van der Waals surface area contributed by atoms with E-state index in [1.165, 1.54) is 0 Å². The molecule has 0 spiro atoms. The predicted molar refractivity (Wildman–Crippen MR) is 134 cm³/mol. The fourth-order valence-electron chi connectivity index (χ4n) is 5.23. The van der Waals surface area contributed by atoms with Crippen molar-refractivity contribution in [2.75, 3.05) is 13.7 Å². The van der Waals surface area contributed by atoms with Crippen LogP contribution in [0.5, 0.6) is 5.75 Å². The van der Waals surface area contributed by atoms with Crippen LogP contribution in [-0.4, -0.2) is 44.4 Å². The molecule has 1 aliphatic rings. The summed E-state index contributed by atoms with van der Waals surface area (Å²) in [5, 5.41) is 15.6. The van der Waals surface area contributed by atoms with Crippen LogP contribution in [-0.2, 0) is 6.54 Å². The number of aryl methyl sites for hydroxylation is 1. The summed E-state index contributed by atoms with van der Waals surface area (Å²) in [6, 6.07) is 11.6. The second kappa shape index (κ2) is 9.27. The molecule has 2 aromatic carbocycles. The topological polar surface area (TPSA) is 83.4 Å². The van der Waals surface area contributed by atoms with Gasteiger partial charge in [-0.15, -0.1) is 0 Å². The summed E-state index contributed by atoms with van der Waals surface area (Å²) < 4.78 is 8.72. The van der Waals surface area contributed by atoms with Gasteiger partial charge in [0.15, 0.2) is 0 Å². The highest BCUT2D eigenvalue weighted by Gasteiger charge is 2.34. The number of carboxylic acids is 1. The molecular weight excluding hydrogens is 496 g/mol. The quantitative estimate of drug-likeness (QED) is 0.338. The Hall–Kier alpha value is -3.10. The average Bonchev–Trinajstić information content (AvgIpc) is 3.50. The highest BCUT2D eigenvalue weighted by molar-refractivity contribution is 9.10. The maximum atomic E-state index is 12.1. The fraction of sp³-hybridized carbons (Fsp3) is 0.308. The van der Waals surface area contributed by atoms with Crippen molar-refractivity contribution < 1.29 is 14.6 Å². The van der Waals surface area contributed by atoms with Gasteiger partial charge in [0, 0.05) is 48.0 Å². The molecule has 7 nitrogen and oxygen atoms in total. The standard InChI is InChI=1S/C26H27BrN4O3/c1-16-11-24(34-2)22(20-7-9-28-25(16)20)15-30-10-8-18(31-14-17(27)13-29-31)12-23(30)19-5-3-4-6-21(19)26(32)33/h3-7,9,11,13-14,18,23,28H,8,10,12,15H2,1-2H3,(H,32,33). The number of nitrogens with one attached hydrogen (secondary N) is 1. The van der Waals surface area contributed by atoms with Gasteiger partial charge in [-0.05, 0) is 65.0 Å². The number of nitrogens with zero attached hydrogens (tertiary/aromatic N) is 3. The second-order valence-electron chi connectivity index (χ2n) is 8.84. The van der Waals surface area contributed by atoms with Crippen molar-refractivity contribution in [1.29, 1.82) is 0 Å². The summed E-state index contributed by atoms with van der Waals surface area (Å²) in [7, 11) is 1.70. The van der Waals surface area contributed by atoms with Crippen LogP contribution >= 0.6 is 15.9 Å². The number of H-pyrrole nitrogens is 1. The van der Waals surface area contributed by atoms with Crippen LogP contribution < -0.4 is 4.74 Å². The number of hydrogen-bond donors (Lipinski definition) is 2. The zero-order valence-corrected chi connectivity index (χ0v) is 20.7. The molecule has 34 heavy (non-hydrogen) atoms. The van der Waals surface area contributed by atoms with E-state index in [9.17, 15) is 9.90 Å². The number of halogens is 1. The van der Waals surface area contributed by atoms with E-state index < -0.39 is 5.97 Å². The first kappa shape index (κ1) is 22.7. The third kappa shape index (κ3) is 4.12. The van der Waals surface area contributed by atoms with Crippen LogP contribution in [0.1, 0.15) is 52.0 Å². The number of ether oxygens (including phenoxy) is 1. The van der Waals surface area contributed by atoms with E-state index in [0.717, 1.165) is 57.2 Å². The highest BCUT2D eigenvalue weighted by Crippen LogP contribution is 2.41. The molecule has 8 heteroatoms. The molecule has 1 saturated heterocycles. The van der Waals surface area contributed by atoms with E-state index in [-0.39, 0.29) is 12.1 Å². The lowest BCUT2D eigenvalue weighted by Crippen LogP contribution is -2.38. The number of benzene rings is 2. The summed E-state index contributed by atoms with van der Waals surface area (Å²) in [5.74, 6) is -0.0477. The van der Waals surface area contributed by atoms with E-state index in [4.69, 9.17) is 4.74 Å². The van der Waals surface area contributed by atoms with Crippen LogP contribution in [0.15, 0.2) is 59.5 Å². The minimum Gasteiger partial charge on any atom is -0.496 e. The first-order valence-corrected chi connectivity index (χ1v) is 12.1. The van der Waals surface area contributed by atoms with Crippen LogP contribution in [0.25, 0.3) is 10.9 Å². The number of hydrogen-bond acceptors (Lipinski definition) is 4. The number of methoxy groups -OCH3 is 1. The van der Waals surface area contributed by atoms with Crippen molar-refractivity contribution in [1.82, 2.24) is 19.7 Å². The van der Waals surface area contributed by atoms with Gasteiger partial charge in [-0.25, -0.2) is 4.79 Å². The van der Waals surface area contributed by atoms with Gasteiger partial charge < -0.3 is 14.8 Å². The number of likely N-dealkylation sites (tertiary alicyclic amines) is 1. The van der Waals surface area contributed by atoms with Crippen molar-refractivity contribution in [3.8, 4) is 5.75 Å². The minimum absolute atomic E-state index is 0.0750. The molecule has 4 aromatic rings. The molecular formula is C26H27BrN4O3. The number of carbonyl (C=O) groups is 1. The lowest BCUT2D eigenvalue weighted by Gasteiger charge is -2.40. The van der Waals surface area contributed by atoms with Gasteiger partial charge in [-0.1, -0.05) is 18.2 Å². The van der Waals surface area contributed by atoms with Gasteiger partial charge in [-0.2, -0.15) is 5.10 Å². The minimum atomic E-state index is -0.902. The van der Waals surface area contributed by atoms with E-state index in [0.29, 0.717) is 12.1 Å². The van der Waals surface area contributed by atoms with Crippen LogP contribution in [0, 0.1) is 6.92 Å². The molecule has 2 aromatic heterocycles. The summed E-state index contributed by atoms with van der Waals surface area (Å²) >= 11 is 3.50. The highest BCUT2D eigenvalue weighted by atomic mass is 79.9. The molecule has 176 valence electrons. The fourth-order valence-corrected chi connectivity index (χ4v) is 5.53. The molecule has 2 N–H and O–H groups in total. The Kier molecular flexibility index (Phi) is 6.18. The van der Waals surface area contributed by atoms with E-state index in [1.807, 2.05) is 29.2 Å². The SMILES string of the molecule is COc1cc(C)c2[nH]ccc2c1CN1CCC(n2cc(Br)cn2)CC1c1ccccc1C(=O)O. The number of aromatic amines is 1. The number of carboxylic acid groups (broad SMARTS) is 1. The van der Waals surface area contributed by atoms with Gasteiger partial charge in [-0.3, -0.25) is 9.58 Å². The van der Waals surface area contributed by atoms with Gasteiger partial charge in [0.25, 0.3) is 0 Å². The normalized spacial score (nSPS) is 18.9. The lowest BCUT2D eigenvalue weighted by molar-refractivity contribution is 0.0682. The van der Waals surface area contributed by atoms with Gasteiger partial charge in [0.1, 0.15) is 5.75 Å². The van der Waals surface area contributed by atoms with Crippen molar-refractivity contribution >= 4 is 32.8 Å². The molecule has 3 heterocycles. The molecule has 0 amide bonds. The third-order valence-electron chi connectivity index (χ3n) is 6.87. The third-order valence-corrected chi connectivity index (χ3v) is 7.28. The predicted octanol–water partition coefficient (Wildman–Crippen LogP) is 5.72. The molecule has 0 saturated carbocycles. The summed E-state index contributed by atoms with van der Waals surface area (Å²) in [6.07, 6.45) is 7.44. The Morgan fingerprint density at radius 3 is 2.88 bits per heavy atom. The first-order valence-electron chi connectivity index (χ1n) is 11.4. The van der Waals surface area contributed by atoms with Crippen LogP contribution in [0.2, 0.25) is 0 Å². The Morgan fingerprint density at radius 1 is 1.32 bits per heavy atom. The zero-order chi connectivity index (χ0) is 23.8. The zero-order valence-electron chi connectivity index (χ0n) is 19.2. The summed E-state index contributed by atoms with van der Waals surface area (Å²) in [6.45, 7) is 3.54. The number of fused-ring (bicyclic) bond motifs is 1. The maximum Gasteiger partial charge on any atom is 0.336 e. The Bertz CT molecular complexity index is 1350. The number of piperidine rings is 1. The number of aromatic carboxylic acids is 1. The lowest BCUT2D eigenvalue weighted by atomic mass is 9.88. The Balaban J connectivity index is 1.56. The van der Waals surface area contributed by atoms with Crippen LogP contribution in [0.3, 0.4) is 0 Å². The monoisotopic (exact) mass is 522 g/mol. The molecule has 0 aliphatic carbocycles. The Labute approximate surface area is 206 Å². The second-order valence-corrected chi connectivity index (χ2v) is 9.75. The largest absolute Gasteiger partial charge is 0.496 e. The van der Waals surface area contributed by atoms with Crippen molar-refractivity contribution in [3.05, 3.63) is 81.7 Å². The molecule has 5 rings (SSSR count). The molecule has 1 aliphatic heterocycles. The molecule has 1 fully saturated rings. The summed E-state index contributed by atoms with van der Waals surface area (Å²) in [5.41, 5.74) is 4.54. The van der Waals surface area contributed by atoms with Crippen molar-refractivity contribution in [2.45, 2.75) is 38.4 Å². The smallest absolute Gasteiger partial charge is 0.336 e. The number of aromatic nitrogens is 3. The van der Waals surface area contributed by atoms with Gasteiger partial charge in [0.05, 0.1) is 29.4 Å². The Morgan fingerprint density at radius 2 is 2.15 bits per heavy atom. The molecule has 0 bridgehead atoms. The maximum absolute atomic E-state index is 12.1. The van der Waals surface area contributed by atoms with E-state index >= 15 is 0 Å². The van der Waals surface area contributed by atoms with Crippen molar-refractivity contribution in [2.24, 2.45) is 0 Å². The average molecular weight is 523 g/mol. The van der Waals surface area contributed by atoms with E-state index in [1.54, 1.807) is 25.4 Å². The first-order chi connectivity index (χ1) is 16.5. The molecule has 0 radical (unpaired) electrons. The molecule has 2 atom stereocenters. The van der Waals surface area contributed by atoms with Crippen LogP contribution in [0.4, 0.5) is 0 Å². The van der Waals surface area contributed by atoms with Crippen molar-refractivity contribution in [3.63, 3.8) is 0 Å². The van der Waals surface area contributed by atoms with Gasteiger partial charge >= 0.3 is 5.97 Å². The molecule has 2 unspecified atom stereocenters.